The lowest BCUT2D eigenvalue weighted by atomic mass is 9.73. The summed E-state index contributed by atoms with van der Waals surface area (Å²) in [5.74, 6) is 2.61. The van der Waals surface area contributed by atoms with E-state index < -0.39 is 0 Å². The van der Waals surface area contributed by atoms with Crippen molar-refractivity contribution >= 4 is 5.91 Å². The van der Waals surface area contributed by atoms with Crippen LogP contribution in [0.4, 0.5) is 0 Å². The molecule has 84 valence electrons. The molecule has 0 radical (unpaired) electrons. The van der Waals surface area contributed by atoms with Crippen molar-refractivity contribution in [1.82, 2.24) is 5.32 Å². The third-order valence-electron chi connectivity index (χ3n) is 3.24. The van der Waals surface area contributed by atoms with Crippen LogP contribution in [0.2, 0.25) is 0 Å². The number of carbonyl (C=O) groups is 1. The first-order valence-electron chi connectivity index (χ1n) is 5.67. The van der Waals surface area contributed by atoms with E-state index in [-0.39, 0.29) is 11.3 Å². The maximum absolute atomic E-state index is 12.0. The van der Waals surface area contributed by atoms with Gasteiger partial charge in [-0.25, -0.2) is 0 Å². The quantitative estimate of drug-likeness (QED) is 0.535. The van der Waals surface area contributed by atoms with Crippen molar-refractivity contribution in [3.05, 3.63) is 0 Å². The number of hydrogen-bond acceptors (Lipinski definition) is 2. The van der Waals surface area contributed by atoms with Crippen molar-refractivity contribution < 1.29 is 4.79 Å². The van der Waals surface area contributed by atoms with E-state index in [0.717, 1.165) is 25.7 Å². The van der Waals surface area contributed by atoms with Gasteiger partial charge in [-0.1, -0.05) is 19.3 Å². The summed E-state index contributed by atoms with van der Waals surface area (Å²) in [6.07, 6.45) is 11.0. The van der Waals surface area contributed by atoms with Crippen LogP contribution in [0.15, 0.2) is 0 Å². The third-order valence-corrected chi connectivity index (χ3v) is 3.24. The van der Waals surface area contributed by atoms with Gasteiger partial charge in [0.1, 0.15) is 0 Å². The highest BCUT2D eigenvalue weighted by atomic mass is 16.2. The second-order valence-electron chi connectivity index (χ2n) is 4.26. The van der Waals surface area contributed by atoms with Gasteiger partial charge in [-0.05, 0) is 12.8 Å². The minimum absolute atomic E-state index is 0.0972. The topological polar surface area (TPSA) is 55.1 Å². The van der Waals surface area contributed by atoms with Crippen LogP contribution in [-0.2, 0) is 4.79 Å². The number of terminal acetylenes is 1. The van der Waals surface area contributed by atoms with Gasteiger partial charge in [0.15, 0.2) is 0 Å². The van der Waals surface area contributed by atoms with Crippen LogP contribution in [0.25, 0.3) is 0 Å². The number of nitrogens with one attached hydrogen (secondary N) is 1. The summed E-state index contributed by atoms with van der Waals surface area (Å²) < 4.78 is 0. The van der Waals surface area contributed by atoms with E-state index in [0.29, 0.717) is 19.5 Å². The number of carbonyl (C=O) groups excluding carboxylic acids is 1. The van der Waals surface area contributed by atoms with Crippen molar-refractivity contribution in [2.75, 3.05) is 13.1 Å². The molecule has 0 aromatic heterocycles. The molecule has 0 spiro atoms. The first-order valence-corrected chi connectivity index (χ1v) is 5.67. The van der Waals surface area contributed by atoms with Crippen molar-refractivity contribution in [2.24, 2.45) is 11.1 Å². The van der Waals surface area contributed by atoms with Gasteiger partial charge >= 0.3 is 0 Å². The molecule has 0 saturated heterocycles. The summed E-state index contributed by atoms with van der Waals surface area (Å²) in [5.41, 5.74) is 5.43. The average Bonchev–Trinajstić information content (AvgIpc) is 2.30. The van der Waals surface area contributed by atoms with E-state index in [4.69, 9.17) is 12.2 Å². The van der Waals surface area contributed by atoms with Gasteiger partial charge in [0.2, 0.25) is 5.91 Å². The van der Waals surface area contributed by atoms with Crippen LogP contribution in [0.3, 0.4) is 0 Å². The Bertz CT molecular complexity index is 249. The summed E-state index contributed by atoms with van der Waals surface area (Å²) in [4.78, 5) is 12.0. The van der Waals surface area contributed by atoms with Crippen LogP contribution < -0.4 is 11.1 Å². The predicted octanol–water partition coefficient (Wildman–Crippen LogP) is 1.04. The Hall–Kier alpha value is -1.01. The molecular weight excluding hydrogens is 188 g/mol. The van der Waals surface area contributed by atoms with Gasteiger partial charge in [-0.3, -0.25) is 4.79 Å². The van der Waals surface area contributed by atoms with E-state index in [1.54, 1.807) is 0 Å². The molecule has 15 heavy (non-hydrogen) atoms. The van der Waals surface area contributed by atoms with Crippen molar-refractivity contribution in [1.29, 1.82) is 0 Å². The van der Waals surface area contributed by atoms with Crippen LogP contribution in [-0.4, -0.2) is 19.0 Å². The summed E-state index contributed by atoms with van der Waals surface area (Å²) in [6.45, 7) is 1.02. The summed E-state index contributed by atoms with van der Waals surface area (Å²) in [5, 5.41) is 2.88. The Morgan fingerprint density at radius 3 is 2.60 bits per heavy atom. The molecule has 3 heteroatoms. The number of hydrogen-bond donors (Lipinski definition) is 2. The van der Waals surface area contributed by atoms with Gasteiger partial charge < -0.3 is 11.1 Å². The molecule has 0 atom stereocenters. The predicted molar refractivity (Wildman–Crippen MR) is 61.0 cm³/mol. The maximum Gasteiger partial charge on any atom is 0.227 e. The van der Waals surface area contributed by atoms with Gasteiger partial charge in [0.05, 0.1) is 5.41 Å². The normalized spacial score (nSPS) is 19.2. The van der Waals surface area contributed by atoms with Gasteiger partial charge in [0.25, 0.3) is 0 Å². The molecule has 1 aliphatic rings. The average molecular weight is 208 g/mol. The molecule has 0 heterocycles. The Balaban J connectivity index is 2.49. The number of rotatable bonds is 4. The van der Waals surface area contributed by atoms with Crippen molar-refractivity contribution in [2.45, 2.75) is 38.5 Å². The first kappa shape index (κ1) is 12.1. The molecule has 0 aromatic rings. The molecule has 0 aliphatic heterocycles. The lowest BCUT2D eigenvalue weighted by Crippen LogP contribution is -2.47. The highest BCUT2D eigenvalue weighted by Crippen LogP contribution is 2.35. The standard InChI is InChI=1S/C12H20N2O/c1-2-3-9-14-11(15)12(10-13)7-5-4-6-8-12/h1H,3-10,13H2,(H,14,15). The Labute approximate surface area is 91.8 Å². The summed E-state index contributed by atoms with van der Waals surface area (Å²) in [6, 6.07) is 0. The number of nitrogens with two attached hydrogens (primary N) is 1. The first-order chi connectivity index (χ1) is 7.25. The fourth-order valence-corrected chi connectivity index (χ4v) is 2.19. The molecule has 0 unspecified atom stereocenters. The summed E-state index contributed by atoms with van der Waals surface area (Å²) in [7, 11) is 0. The van der Waals surface area contributed by atoms with E-state index >= 15 is 0 Å². The molecule has 1 aliphatic carbocycles. The summed E-state index contributed by atoms with van der Waals surface area (Å²) >= 11 is 0. The molecular formula is C12H20N2O. The SMILES string of the molecule is C#CCCNC(=O)C1(CN)CCCCC1. The Kier molecular flexibility index (Phi) is 4.64. The van der Waals surface area contributed by atoms with E-state index in [2.05, 4.69) is 11.2 Å². The van der Waals surface area contributed by atoms with E-state index in [9.17, 15) is 4.79 Å². The van der Waals surface area contributed by atoms with Crippen LogP contribution in [0.1, 0.15) is 38.5 Å². The highest BCUT2D eigenvalue weighted by Gasteiger charge is 2.37. The second-order valence-corrected chi connectivity index (χ2v) is 4.26. The zero-order valence-corrected chi connectivity index (χ0v) is 9.22. The largest absolute Gasteiger partial charge is 0.355 e. The second kappa shape index (κ2) is 5.77. The molecule has 0 bridgehead atoms. The van der Waals surface area contributed by atoms with E-state index in [1.807, 2.05) is 0 Å². The van der Waals surface area contributed by atoms with Crippen LogP contribution in [0.5, 0.6) is 0 Å². The van der Waals surface area contributed by atoms with Gasteiger partial charge in [-0.15, -0.1) is 12.3 Å². The minimum atomic E-state index is -0.313. The van der Waals surface area contributed by atoms with Crippen LogP contribution >= 0.6 is 0 Å². The van der Waals surface area contributed by atoms with Gasteiger partial charge in [-0.2, -0.15) is 0 Å². The molecule has 3 N–H and O–H groups in total. The van der Waals surface area contributed by atoms with E-state index in [1.165, 1.54) is 6.42 Å². The molecule has 1 fully saturated rings. The smallest absolute Gasteiger partial charge is 0.227 e. The van der Waals surface area contributed by atoms with Crippen molar-refractivity contribution in [3.8, 4) is 12.3 Å². The molecule has 1 rings (SSSR count). The fraction of sp³-hybridized carbons (Fsp3) is 0.750. The molecule has 1 saturated carbocycles. The highest BCUT2D eigenvalue weighted by molar-refractivity contribution is 5.83. The maximum atomic E-state index is 12.0. The monoisotopic (exact) mass is 208 g/mol. The molecule has 3 nitrogen and oxygen atoms in total. The van der Waals surface area contributed by atoms with Crippen LogP contribution in [0, 0.1) is 17.8 Å². The number of amides is 1. The molecule has 0 aromatic carbocycles. The zero-order valence-electron chi connectivity index (χ0n) is 9.22. The minimum Gasteiger partial charge on any atom is -0.355 e. The van der Waals surface area contributed by atoms with Crippen molar-refractivity contribution in [3.63, 3.8) is 0 Å². The van der Waals surface area contributed by atoms with Gasteiger partial charge in [0, 0.05) is 19.5 Å². The molecule has 1 amide bonds. The Morgan fingerprint density at radius 2 is 2.07 bits per heavy atom. The third kappa shape index (κ3) is 2.97. The zero-order chi connectivity index (χ0) is 11.1. The Morgan fingerprint density at radius 1 is 1.40 bits per heavy atom. The fourth-order valence-electron chi connectivity index (χ4n) is 2.19. The lowest BCUT2D eigenvalue weighted by molar-refractivity contribution is -0.132. The lowest BCUT2D eigenvalue weighted by Gasteiger charge is -2.34.